The number of ether oxygens (including phenoxy) is 1. The third-order valence-electron chi connectivity index (χ3n) is 2.52. The van der Waals surface area contributed by atoms with Gasteiger partial charge < -0.3 is 9.72 Å². The monoisotopic (exact) mass is 286 g/mol. The van der Waals surface area contributed by atoms with Crippen molar-refractivity contribution in [3.8, 4) is 17.0 Å². The Morgan fingerprint density at radius 3 is 2.58 bits per heavy atom. The molecule has 3 nitrogen and oxygen atoms in total. The quantitative estimate of drug-likeness (QED) is 0.852. The predicted molar refractivity (Wildman–Crippen MR) is 66.4 cm³/mol. The first-order chi connectivity index (χ1) is 8.95. The minimum absolute atomic E-state index is 0.0275. The normalized spacial score (nSPS) is 11.4. The smallest absolute Gasteiger partial charge is 0.417 e. The summed E-state index contributed by atoms with van der Waals surface area (Å²) >= 11 is 4.94. The highest BCUT2D eigenvalue weighted by molar-refractivity contribution is 7.71. The zero-order valence-corrected chi connectivity index (χ0v) is 10.6. The number of benzene rings is 1. The van der Waals surface area contributed by atoms with Crippen molar-refractivity contribution in [1.29, 1.82) is 0 Å². The standard InChI is InChI=1S/C12H9F3N2OS/c1-18-10-9(16-6-17-11(10)19)7-4-2-3-5-8(7)12(13,14)15/h2-6H,1H3,(H,16,17,19). The van der Waals surface area contributed by atoms with Gasteiger partial charge in [-0.1, -0.05) is 30.4 Å². The number of aromatic nitrogens is 2. The maximum atomic E-state index is 13.0. The van der Waals surface area contributed by atoms with Gasteiger partial charge in [-0.15, -0.1) is 0 Å². The van der Waals surface area contributed by atoms with Crippen molar-refractivity contribution in [1.82, 2.24) is 9.97 Å². The van der Waals surface area contributed by atoms with Crippen LogP contribution in [0.3, 0.4) is 0 Å². The summed E-state index contributed by atoms with van der Waals surface area (Å²) in [6.45, 7) is 0. The first kappa shape index (κ1) is 13.5. The van der Waals surface area contributed by atoms with E-state index in [0.717, 1.165) is 6.07 Å². The number of hydrogen-bond acceptors (Lipinski definition) is 3. The number of nitrogens with zero attached hydrogens (tertiary/aromatic N) is 1. The molecule has 0 saturated heterocycles. The molecule has 100 valence electrons. The Kier molecular flexibility index (Phi) is 3.57. The van der Waals surface area contributed by atoms with Gasteiger partial charge in [0.05, 0.1) is 24.7 Å². The largest absolute Gasteiger partial charge is 0.491 e. The van der Waals surface area contributed by atoms with Crippen LogP contribution in [0.25, 0.3) is 11.3 Å². The summed E-state index contributed by atoms with van der Waals surface area (Å²) in [5.74, 6) is 0.120. The van der Waals surface area contributed by atoms with Crippen LogP contribution < -0.4 is 4.74 Å². The number of halogens is 3. The summed E-state index contributed by atoms with van der Waals surface area (Å²) in [5.41, 5.74) is -0.624. The number of hydrogen-bond donors (Lipinski definition) is 1. The molecule has 0 fully saturated rings. The zero-order chi connectivity index (χ0) is 14.0. The summed E-state index contributed by atoms with van der Waals surface area (Å²) in [6.07, 6.45) is -3.21. The molecule has 0 aliphatic carbocycles. The summed E-state index contributed by atoms with van der Waals surface area (Å²) < 4.78 is 44.1. The van der Waals surface area contributed by atoms with Crippen molar-refractivity contribution in [3.05, 3.63) is 40.8 Å². The number of H-pyrrole nitrogens is 1. The lowest BCUT2D eigenvalue weighted by Crippen LogP contribution is -2.08. The second kappa shape index (κ2) is 5.00. The molecule has 0 spiro atoms. The fourth-order valence-electron chi connectivity index (χ4n) is 1.72. The molecule has 2 aromatic rings. The van der Waals surface area contributed by atoms with Gasteiger partial charge in [-0.05, 0) is 6.07 Å². The average molecular weight is 286 g/mol. The number of methoxy groups -OCH3 is 1. The SMILES string of the molecule is COc1c(-c2ccccc2C(F)(F)F)[nH]cnc1=S. The van der Waals surface area contributed by atoms with E-state index in [1.165, 1.54) is 31.6 Å². The molecule has 0 radical (unpaired) electrons. The molecule has 0 unspecified atom stereocenters. The second-order valence-corrected chi connectivity index (χ2v) is 4.05. The van der Waals surface area contributed by atoms with Crippen molar-refractivity contribution in [2.75, 3.05) is 7.11 Å². The molecule has 1 heterocycles. The van der Waals surface area contributed by atoms with Crippen LogP contribution in [0.2, 0.25) is 0 Å². The molecule has 0 saturated carbocycles. The van der Waals surface area contributed by atoms with E-state index < -0.39 is 11.7 Å². The summed E-state index contributed by atoms with van der Waals surface area (Å²) in [4.78, 5) is 6.44. The first-order valence-corrected chi connectivity index (χ1v) is 5.64. The Morgan fingerprint density at radius 1 is 1.26 bits per heavy atom. The molecule has 0 amide bonds. The number of nitrogens with one attached hydrogen (secondary N) is 1. The highest BCUT2D eigenvalue weighted by Crippen LogP contribution is 2.39. The maximum absolute atomic E-state index is 13.0. The Morgan fingerprint density at radius 2 is 1.95 bits per heavy atom. The Bertz CT molecular complexity index is 652. The molecule has 0 aliphatic heterocycles. The van der Waals surface area contributed by atoms with Gasteiger partial charge in [0.25, 0.3) is 0 Å². The van der Waals surface area contributed by atoms with Crippen LogP contribution in [0.1, 0.15) is 5.56 Å². The van der Waals surface area contributed by atoms with Crippen LogP contribution in [-0.2, 0) is 6.18 Å². The van der Waals surface area contributed by atoms with Gasteiger partial charge in [0.2, 0.25) is 0 Å². The lowest BCUT2D eigenvalue weighted by atomic mass is 10.0. The molecule has 0 aliphatic rings. The number of aromatic amines is 1. The van der Waals surface area contributed by atoms with Crippen LogP contribution in [0.4, 0.5) is 13.2 Å². The second-order valence-electron chi connectivity index (χ2n) is 3.66. The Hall–Kier alpha value is -1.89. The number of alkyl halides is 3. The predicted octanol–water partition coefficient (Wildman–Crippen LogP) is 3.83. The number of rotatable bonds is 2. The van der Waals surface area contributed by atoms with Gasteiger partial charge in [-0.25, -0.2) is 4.98 Å². The minimum atomic E-state index is -4.46. The first-order valence-electron chi connectivity index (χ1n) is 5.23. The molecule has 7 heteroatoms. The molecular weight excluding hydrogens is 277 g/mol. The summed E-state index contributed by atoms with van der Waals surface area (Å²) in [7, 11) is 1.33. The van der Waals surface area contributed by atoms with Gasteiger partial charge >= 0.3 is 6.18 Å². The Balaban J connectivity index is 2.74. The Labute approximate surface area is 112 Å². The van der Waals surface area contributed by atoms with Crippen molar-refractivity contribution >= 4 is 12.2 Å². The molecule has 1 aromatic heterocycles. The van der Waals surface area contributed by atoms with E-state index in [4.69, 9.17) is 17.0 Å². The molecular formula is C12H9F3N2OS. The van der Waals surface area contributed by atoms with E-state index >= 15 is 0 Å². The molecule has 0 bridgehead atoms. The van der Waals surface area contributed by atoms with Gasteiger partial charge in [0.15, 0.2) is 10.4 Å². The van der Waals surface area contributed by atoms with Crippen LogP contribution in [0.15, 0.2) is 30.6 Å². The third-order valence-corrected chi connectivity index (χ3v) is 2.81. The van der Waals surface area contributed by atoms with Crippen LogP contribution in [0.5, 0.6) is 5.75 Å². The molecule has 1 aromatic carbocycles. The summed E-state index contributed by atoms with van der Waals surface area (Å²) in [6, 6.07) is 5.20. The van der Waals surface area contributed by atoms with E-state index in [9.17, 15) is 13.2 Å². The molecule has 1 N–H and O–H groups in total. The van der Waals surface area contributed by atoms with E-state index in [-0.39, 0.29) is 21.6 Å². The fraction of sp³-hybridized carbons (Fsp3) is 0.167. The average Bonchev–Trinajstić information content (AvgIpc) is 2.37. The third kappa shape index (κ3) is 2.60. The zero-order valence-electron chi connectivity index (χ0n) is 9.78. The van der Waals surface area contributed by atoms with E-state index in [1.807, 2.05) is 0 Å². The highest BCUT2D eigenvalue weighted by Gasteiger charge is 2.34. The fourth-order valence-corrected chi connectivity index (χ4v) is 1.96. The van der Waals surface area contributed by atoms with Crippen molar-refractivity contribution in [2.45, 2.75) is 6.18 Å². The van der Waals surface area contributed by atoms with Gasteiger partial charge in [0, 0.05) is 5.56 Å². The van der Waals surface area contributed by atoms with Crippen molar-refractivity contribution < 1.29 is 17.9 Å². The van der Waals surface area contributed by atoms with Gasteiger partial charge in [-0.2, -0.15) is 13.2 Å². The van der Waals surface area contributed by atoms with Gasteiger partial charge in [0.1, 0.15) is 0 Å². The molecule has 19 heavy (non-hydrogen) atoms. The molecule has 2 rings (SSSR count). The molecule has 0 atom stereocenters. The highest BCUT2D eigenvalue weighted by atomic mass is 32.1. The topological polar surface area (TPSA) is 37.9 Å². The maximum Gasteiger partial charge on any atom is 0.417 e. The van der Waals surface area contributed by atoms with E-state index in [1.54, 1.807) is 0 Å². The summed E-state index contributed by atoms with van der Waals surface area (Å²) in [5, 5.41) is 0. The van der Waals surface area contributed by atoms with Crippen molar-refractivity contribution in [3.63, 3.8) is 0 Å². The lowest BCUT2D eigenvalue weighted by Gasteiger charge is -2.14. The minimum Gasteiger partial charge on any atom is -0.491 e. The van der Waals surface area contributed by atoms with E-state index in [0.29, 0.717) is 0 Å². The van der Waals surface area contributed by atoms with Crippen LogP contribution >= 0.6 is 12.2 Å². The van der Waals surface area contributed by atoms with E-state index in [2.05, 4.69) is 9.97 Å². The van der Waals surface area contributed by atoms with Crippen LogP contribution in [-0.4, -0.2) is 17.1 Å². The van der Waals surface area contributed by atoms with Gasteiger partial charge in [-0.3, -0.25) is 0 Å². The lowest BCUT2D eigenvalue weighted by molar-refractivity contribution is -0.137. The van der Waals surface area contributed by atoms with Crippen molar-refractivity contribution in [2.24, 2.45) is 0 Å². The van der Waals surface area contributed by atoms with Crippen LogP contribution in [0, 0.1) is 4.64 Å².